The number of nitrogens with zero attached hydrogens (tertiary/aromatic N) is 4. The summed E-state index contributed by atoms with van der Waals surface area (Å²) in [5.74, 6) is 1.03. The van der Waals surface area contributed by atoms with Gasteiger partial charge in [-0.15, -0.1) is 0 Å². The topological polar surface area (TPSA) is 180 Å². The standard InChI is InChI=1S/2C10H11N4O2P.Ni/c2*15-17(16,13-9-5-1-3-7-11-9)14-10-6-2-4-8-12-10;/h2*1-8H,(H3,11,12,13,14,15,16);/q;;+2/p-2. The Bertz CT molecular complexity index is 1060. The molecule has 0 saturated carbocycles. The van der Waals surface area contributed by atoms with Crippen molar-refractivity contribution in [1.82, 2.24) is 19.9 Å². The first-order chi connectivity index (χ1) is 16.3. The van der Waals surface area contributed by atoms with Gasteiger partial charge in [-0.05, 0) is 48.5 Å². The maximum atomic E-state index is 11.7. The molecule has 0 aromatic carbocycles. The number of hydrogen-bond acceptors (Lipinski definition) is 8. The molecular weight excluding hydrogens is 537 g/mol. The summed E-state index contributed by atoms with van der Waals surface area (Å²) in [5.41, 5.74) is 0. The number of aromatic nitrogens is 4. The molecule has 4 aromatic rings. The molecule has 12 nitrogen and oxygen atoms in total. The van der Waals surface area contributed by atoms with Crippen LogP contribution >= 0.6 is 15.3 Å². The summed E-state index contributed by atoms with van der Waals surface area (Å²) < 4.78 is 23.4. The predicted octanol–water partition coefficient (Wildman–Crippen LogP) is 2.94. The number of anilines is 4. The minimum absolute atomic E-state index is 0. The van der Waals surface area contributed by atoms with E-state index in [1.807, 2.05) is 0 Å². The van der Waals surface area contributed by atoms with Crippen LogP contribution in [0.15, 0.2) is 97.6 Å². The molecule has 0 radical (unpaired) electrons. The van der Waals surface area contributed by atoms with Crippen molar-refractivity contribution in [2.45, 2.75) is 0 Å². The van der Waals surface area contributed by atoms with Gasteiger partial charge in [0.25, 0.3) is 0 Å². The molecule has 184 valence electrons. The molecule has 0 atom stereocenters. The van der Waals surface area contributed by atoms with Crippen molar-refractivity contribution in [1.29, 1.82) is 0 Å². The van der Waals surface area contributed by atoms with Gasteiger partial charge in [0.1, 0.15) is 23.3 Å². The molecule has 0 aliphatic heterocycles. The number of hydrogen-bond donors (Lipinski definition) is 4. The van der Waals surface area contributed by atoms with E-state index in [0.29, 0.717) is 0 Å². The monoisotopic (exact) mass is 556 g/mol. The van der Waals surface area contributed by atoms with E-state index in [0.717, 1.165) is 0 Å². The van der Waals surface area contributed by atoms with E-state index in [9.17, 15) is 18.9 Å². The van der Waals surface area contributed by atoms with Gasteiger partial charge in [0.05, 0.1) is 0 Å². The summed E-state index contributed by atoms with van der Waals surface area (Å²) in [4.78, 5) is 38.8. The maximum absolute atomic E-state index is 11.7. The van der Waals surface area contributed by atoms with Gasteiger partial charge < -0.3 is 30.1 Å². The first-order valence-electron chi connectivity index (χ1n) is 9.71. The Morgan fingerprint density at radius 2 is 0.714 bits per heavy atom. The van der Waals surface area contributed by atoms with Crippen molar-refractivity contribution >= 4 is 38.6 Å². The third-order valence-corrected chi connectivity index (χ3v) is 5.80. The first kappa shape index (κ1) is 27.9. The molecule has 0 unspecified atom stereocenters. The van der Waals surface area contributed by atoms with Crippen LogP contribution in [-0.2, 0) is 25.6 Å². The van der Waals surface area contributed by atoms with Crippen LogP contribution in [0.1, 0.15) is 0 Å². The van der Waals surface area contributed by atoms with Crippen molar-refractivity contribution in [3.8, 4) is 0 Å². The second-order valence-corrected chi connectivity index (χ2v) is 9.51. The van der Waals surface area contributed by atoms with E-state index in [1.165, 1.54) is 24.8 Å². The Labute approximate surface area is 211 Å². The van der Waals surface area contributed by atoms with Crippen molar-refractivity contribution in [2.24, 2.45) is 0 Å². The second kappa shape index (κ2) is 13.5. The molecule has 0 aliphatic rings. The summed E-state index contributed by atoms with van der Waals surface area (Å²) >= 11 is 0. The summed E-state index contributed by atoms with van der Waals surface area (Å²) in [5, 5.41) is 9.22. The van der Waals surface area contributed by atoms with Crippen LogP contribution in [0, 0.1) is 0 Å². The number of pyridine rings is 4. The molecule has 0 bridgehead atoms. The fourth-order valence-corrected chi connectivity index (χ4v) is 4.22. The molecule has 4 aromatic heterocycles. The molecule has 4 rings (SSSR count). The number of rotatable bonds is 8. The van der Waals surface area contributed by atoms with E-state index < -0.39 is 15.3 Å². The maximum Gasteiger partial charge on any atom is 2.00 e. The van der Waals surface area contributed by atoms with Crippen LogP contribution in [0.25, 0.3) is 0 Å². The van der Waals surface area contributed by atoms with Crippen molar-refractivity contribution < 1.29 is 35.4 Å². The molecule has 35 heavy (non-hydrogen) atoms. The minimum atomic E-state index is -4.01. The average molecular weight is 557 g/mol. The third kappa shape index (κ3) is 10.6. The van der Waals surface area contributed by atoms with Crippen LogP contribution in [0.3, 0.4) is 0 Å². The van der Waals surface area contributed by atoms with Crippen LogP contribution in [0.2, 0.25) is 0 Å². The molecule has 0 spiro atoms. The van der Waals surface area contributed by atoms with E-state index in [-0.39, 0.29) is 39.8 Å². The molecule has 4 N–H and O–H groups in total. The molecule has 0 fully saturated rings. The van der Waals surface area contributed by atoms with Gasteiger partial charge in [-0.2, -0.15) is 0 Å². The molecular formula is C20H20N8NiO4P2. The fraction of sp³-hybridized carbons (Fsp3) is 0. The molecule has 0 amide bonds. The van der Waals surface area contributed by atoms with Gasteiger partial charge in [-0.25, -0.2) is 19.9 Å². The zero-order valence-corrected chi connectivity index (χ0v) is 20.6. The van der Waals surface area contributed by atoms with Gasteiger partial charge in [0, 0.05) is 24.8 Å². The van der Waals surface area contributed by atoms with E-state index >= 15 is 0 Å². The minimum Gasteiger partial charge on any atom is -0.767 e. The number of nitrogens with one attached hydrogen (secondary N) is 4. The first-order valence-corrected chi connectivity index (χ1v) is 13.0. The SMILES string of the molecule is O=P([O-])(Nc1ccccn1)Nc1ccccn1.O=P([O-])(Nc1ccccn1)Nc1ccccn1.[Ni+2]. The van der Waals surface area contributed by atoms with Crippen LogP contribution in [0.4, 0.5) is 23.3 Å². The summed E-state index contributed by atoms with van der Waals surface area (Å²) in [6.07, 6.45) is 6.01. The Hall–Kier alpha value is -3.33. The Kier molecular flexibility index (Phi) is 10.8. The normalized spacial score (nSPS) is 10.6. The van der Waals surface area contributed by atoms with Crippen molar-refractivity contribution in [3.63, 3.8) is 0 Å². The van der Waals surface area contributed by atoms with E-state index in [1.54, 1.807) is 72.8 Å². The van der Waals surface area contributed by atoms with E-state index in [4.69, 9.17) is 0 Å². The van der Waals surface area contributed by atoms with Crippen molar-refractivity contribution in [3.05, 3.63) is 97.6 Å². The summed E-state index contributed by atoms with van der Waals surface area (Å²) in [6, 6.07) is 19.8. The summed E-state index contributed by atoms with van der Waals surface area (Å²) in [6.45, 7) is 0. The zero-order chi connectivity index (χ0) is 24.3. The molecule has 15 heteroatoms. The van der Waals surface area contributed by atoms with E-state index in [2.05, 4.69) is 40.3 Å². The molecule has 4 heterocycles. The second-order valence-electron chi connectivity index (χ2n) is 6.41. The quantitative estimate of drug-likeness (QED) is 0.184. The van der Waals surface area contributed by atoms with Gasteiger partial charge in [0.15, 0.2) is 15.3 Å². The zero-order valence-electron chi connectivity index (χ0n) is 17.9. The summed E-state index contributed by atoms with van der Waals surface area (Å²) in [7, 11) is -8.02. The largest absolute Gasteiger partial charge is 2.00 e. The Morgan fingerprint density at radius 1 is 0.486 bits per heavy atom. The Balaban J connectivity index is 0.000000240. The van der Waals surface area contributed by atoms with Crippen LogP contribution in [0.5, 0.6) is 0 Å². The average Bonchev–Trinajstić information content (AvgIpc) is 2.81. The van der Waals surface area contributed by atoms with Crippen LogP contribution in [-0.4, -0.2) is 19.9 Å². The van der Waals surface area contributed by atoms with Crippen LogP contribution < -0.4 is 30.1 Å². The Morgan fingerprint density at radius 3 is 0.886 bits per heavy atom. The van der Waals surface area contributed by atoms with Gasteiger partial charge in [-0.1, -0.05) is 24.3 Å². The van der Waals surface area contributed by atoms with Crippen molar-refractivity contribution in [2.75, 3.05) is 20.3 Å². The van der Waals surface area contributed by atoms with Gasteiger partial charge in [0.2, 0.25) is 0 Å². The molecule has 0 saturated heterocycles. The third-order valence-electron chi connectivity index (χ3n) is 3.71. The predicted molar refractivity (Wildman–Crippen MR) is 127 cm³/mol. The molecule has 0 aliphatic carbocycles. The smallest absolute Gasteiger partial charge is 0.767 e. The van der Waals surface area contributed by atoms with Gasteiger partial charge in [-0.3, -0.25) is 9.13 Å². The van der Waals surface area contributed by atoms with Gasteiger partial charge >= 0.3 is 16.5 Å². The fourth-order valence-electron chi connectivity index (χ4n) is 2.37.